The molecule has 1 aromatic heterocycles. The van der Waals surface area contributed by atoms with Crippen LogP contribution in [0.15, 0.2) is 34.1 Å². The lowest BCUT2D eigenvalue weighted by molar-refractivity contribution is 0.0997. The third-order valence-electron chi connectivity index (χ3n) is 3.28. The van der Waals surface area contributed by atoms with E-state index in [1.807, 2.05) is 31.6 Å². The summed E-state index contributed by atoms with van der Waals surface area (Å²) in [6, 6.07) is 7.04. The van der Waals surface area contributed by atoms with Gasteiger partial charge in [-0.3, -0.25) is 4.79 Å². The fourth-order valence-electron chi connectivity index (χ4n) is 2.19. The number of nitrogens with one attached hydrogen (secondary N) is 1. The van der Waals surface area contributed by atoms with Crippen molar-refractivity contribution in [3.8, 4) is 0 Å². The number of likely N-dealkylation sites (N-methyl/N-ethyl adjacent to an activating group) is 1. The van der Waals surface area contributed by atoms with E-state index in [-0.39, 0.29) is 11.6 Å². The predicted octanol–water partition coefficient (Wildman–Crippen LogP) is 3.46. The maximum absolute atomic E-state index is 13.9. The molecule has 7 heteroatoms. The lowest BCUT2D eigenvalue weighted by Gasteiger charge is -2.24. The number of amides is 1. The second kappa shape index (κ2) is 7.21. The maximum atomic E-state index is 13.9. The highest BCUT2D eigenvalue weighted by atomic mass is 79.9. The van der Waals surface area contributed by atoms with Crippen LogP contribution in [0.2, 0.25) is 0 Å². The molecule has 3 N–H and O–H groups in total. The Hall–Kier alpha value is -1.44. The lowest BCUT2D eigenvalue weighted by atomic mass is 10.1. The monoisotopic (exact) mass is 385 g/mol. The van der Waals surface area contributed by atoms with Crippen molar-refractivity contribution >= 4 is 38.9 Å². The molecule has 0 fully saturated rings. The first-order chi connectivity index (χ1) is 10.4. The number of rotatable bonds is 6. The van der Waals surface area contributed by atoms with Crippen LogP contribution in [0.3, 0.4) is 0 Å². The highest BCUT2D eigenvalue weighted by Crippen LogP contribution is 2.27. The third kappa shape index (κ3) is 3.85. The molecule has 0 saturated carbocycles. The largest absolute Gasteiger partial charge is 0.382 e. The maximum Gasteiger partial charge on any atom is 0.253 e. The van der Waals surface area contributed by atoms with Gasteiger partial charge in [0.1, 0.15) is 5.82 Å². The highest BCUT2D eigenvalue weighted by molar-refractivity contribution is 9.10. The molecular weight excluding hydrogens is 369 g/mol. The Morgan fingerprint density at radius 3 is 2.77 bits per heavy atom. The first kappa shape index (κ1) is 16.9. The summed E-state index contributed by atoms with van der Waals surface area (Å²) in [6.45, 7) is 0.531. The van der Waals surface area contributed by atoms with E-state index >= 15 is 0 Å². The summed E-state index contributed by atoms with van der Waals surface area (Å²) in [4.78, 5) is 14.7. The molecule has 0 aliphatic carbocycles. The van der Waals surface area contributed by atoms with Gasteiger partial charge < -0.3 is 16.0 Å². The number of hydrogen-bond acceptors (Lipinski definition) is 4. The van der Waals surface area contributed by atoms with Crippen LogP contribution in [-0.2, 0) is 0 Å². The van der Waals surface area contributed by atoms with Gasteiger partial charge in [0.05, 0.1) is 17.3 Å². The minimum atomic E-state index is -0.787. The quantitative estimate of drug-likeness (QED) is 0.800. The SMILES string of the molecule is CN(C)C(CNc1cc(Br)cc(F)c1C(N)=O)c1cccs1. The van der Waals surface area contributed by atoms with Crippen molar-refractivity contribution in [2.75, 3.05) is 26.0 Å². The molecule has 0 saturated heterocycles. The van der Waals surface area contributed by atoms with Crippen molar-refractivity contribution in [1.82, 2.24) is 4.90 Å². The fraction of sp³-hybridized carbons (Fsp3) is 0.267. The zero-order valence-electron chi connectivity index (χ0n) is 12.3. The molecule has 22 heavy (non-hydrogen) atoms. The lowest BCUT2D eigenvalue weighted by Crippen LogP contribution is -2.27. The molecule has 0 aliphatic heterocycles. The molecule has 0 spiro atoms. The summed E-state index contributed by atoms with van der Waals surface area (Å²) in [5, 5.41) is 5.15. The normalized spacial score (nSPS) is 12.4. The van der Waals surface area contributed by atoms with Gasteiger partial charge in [-0.15, -0.1) is 11.3 Å². The average molecular weight is 386 g/mol. The number of hydrogen-bond donors (Lipinski definition) is 2. The molecule has 2 aromatic rings. The fourth-order valence-corrected chi connectivity index (χ4v) is 3.54. The Labute approximate surface area is 141 Å². The first-order valence-electron chi connectivity index (χ1n) is 6.62. The second-order valence-electron chi connectivity index (χ2n) is 5.05. The van der Waals surface area contributed by atoms with Crippen molar-refractivity contribution in [2.24, 2.45) is 5.73 Å². The summed E-state index contributed by atoms with van der Waals surface area (Å²) in [6.07, 6.45) is 0. The van der Waals surface area contributed by atoms with E-state index in [4.69, 9.17) is 5.73 Å². The van der Waals surface area contributed by atoms with Gasteiger partial charge in [0, 0.05) is 15.9 Å². The Morgan fingerprint density at radius 1 is 1.50 bits per heavy atom. The number of primary amides is 1. The number of halogens is 2. The molecule has 4 nitrogen and oxygen atoms in total. The highest BCUT2D eigenvalue weighted by Gasteiger charge is 2.19. The van der Waals surface area contributed by atoms with Crippen LogP contribution in [0.1, 0.15) is 21.3 Å². The van der Waals surface area contributed by atoms with Gasteiger partial charge in [-0.2, -0.15) is 0 Å². The van der Waals surface area contributed by atoms with E-state index in [0.29, 0.717) is 16.7 Å². The van der Waals surface area contributed by atoms with Gasteiger partial charge in [-0.05, 0) is 37.7 Å². The predicted molar refractivity (Wildman–Crippen MR) is 91.9 cm³/mol. The van der Waals surface area contributed by atoms with Crippen LogP contribution < -0.4 is 11.1 Å². The molecular formula is C15H17BrFN3OS. The van der Waals surface area contributed by atoms with E-state index in [1.54, 1.807) is 17.4 Å². The zero-order valence-corrected chi connectivity index (χ0v) is 14.7. The van der Waals surface area contributed by atoms with Crippen LogP contribution in [0.5, 0.6) is 0 Å². The first-order valence-corrected chi connectivity index (χ1v) is 8.30. The molecule has 1 unspecified atom stereocenters. The van der Waals surface area contributed by atoms with Crippen molar-refractivity contribution in [3.05, 3.63) is 50.4 Å². The number of nitrogens with two attached hydrogens (primary N) is 1. The number of benzene rings is 1. The van der Waals surface area contributed by atoms with E-state index in [2.05, 4.69) is 26.1 Å². The summed E-state index contributed by atoms with van der Waals surface area (Å²) in [5.41, 5.74) is 5.56. The summed E-state index contributed by atoms with van der Waals surface area (Å²) >= 11 is 4.89. The number of nitrogens with zero attached hydrogens (tertiary/aromatic N) is 1. The van der Waals surface area contributed by atoms with Gasteiger partial charge in [0.2, 0.25) is 0 Å². The van der Waals surface area contributed by atoms with E-state index < -0.39 is 11.7 Å². The Bertz CT molecular complexity index is 661. The molecule has 1 heterocycles. The van der Waals surface area contributed by atoms with Crippen molar-refractivity contribution in [3.63, 3.8) is 0 Å². The van der Waals surface area contributed by atoms with Crippen LogP contribution in [0.25, 0.3) is 0 Å². The van der Waals surface area contributed by atoms with Crippen LogP contribution in [0.4, 0.5) is 10.1 Å². The number of anilines is 1. The average Bonchev–Trinajstić information content (AvgIpc) is 2.90. The van der Waals surface area contributed by atoms with Gasteiger partial charge in [0.15, 0.2) is 0 Å². The second-order valence-corrected chi connectivity index (χ2v) is 6.95. The minimum Gasteiger partial charge on any atom is -0.382 e. The summed E-state index contributed by atoms with van der Waals surface area (Å²) in [7, 11) is 3.95. The molecule has 1 amide bonds. The summed E-state index contributed by atoms with van der Waals surface area (Å²) in [5.74, 6) is -1.42. The van der Waals surface area contributed by atoms with Crippen molar-refractivity contribution in [2.45, 2.75) is 6.04 Å². The number of carbonyl (C=O) groups is 1. The summed E-state index contributed by atoms with van der Waals surface area (Å²) < 4.78 is 14.5. The van der Waals surface area contributed by atoms with E-state index in [1.165, 1.54) is 10.9 Å². The van der Waals surface area contributed by atoms with Crippen LogP contribution in [-0.4, -0.2) is 31.4 Å². The van der Waals surface area contributed by atoms with Gasteiger partial charge >= 0.3 is 0 Å². The Balaban J connectivity index is 2.25. The topological polar surface area (TPSA) is 58.4 Å². The van der Waals surface area contributed by atoms with Crippen LogP contribution >= 0.6 is 27.3 Å². The van der Waals surface area contributed by atoms with Gasteiger partial charge in [0.25, 0.3) is 5.91 Å². The zero-order chi connectivity index (χ0) is 16.3. The third-order valence-corrected chi connectivity index (χ3v) is 4.71. The Morgan fingerprint density at radius 2 is 2.23 bits per heavy atom. The molecule has 2 rings (SSSR count). The molecule has 0 bridgehead atoms. The van der Waals surface area contributed by atoms with E-state index in [0.717, 1.165) is 0 Å². The molecule has 0 aliphatic rings. The van der Waals surface area contributed by atoms with Crippen molar-refractivity contribution < 1.29 is 9.18 Å². The number of carbonyl (C=O) groups excluding carboxylic acids is 1. The van der Waals surface area contributed by atoms with Gasteiger partial charge in [-0.1, -0.05) is 22.0 Å². The minimum absolute atomic E-state index is 0.114. The standard InChI is InChI=1S/C15H17BrFN3OS/c1-20(2)12(13-4-3-5-22-13)8-19-11-7-9(16)6-10(17)14(11)15(18)21/h3-7,12,19H,8H2,1-2H3,(H2,18,21). The molecule has 1 atom stereocenters. The van der Waals surface area contributed by atoms with Gasteiger partial charge in [-0.25, -0.2) is 4.39 Å². The molecule has 118 valence electrons. The molecule has 1 aromatic carbocycles. The van der Waals surface area contributed by atoms with E-state index in [9.17, 15) is 9.18 Å². The number of thiophene rings is 1. The van der Waals surface area contributed by atoms with Crippen LogP contribution in [0, 0.1) is 5.82 Å². The Kier molecular flexibility index (Phi) is 5.55. The van der Waals surface area contributed by atoms with Crippen molar-refractivity contribution in [1.29, 1.82) is 0 Å². The molecule has 0 radical (unpaired) electrons. The smallest absolute Gasteiger partial charge is 0.253 e.